The molecule has 1 N–H and O–H groups in total. The lowest BCUT2D eigenvalue weighted by molar-refractivity contribution is -0.132. The number of ether oxygens (including phenoxy) is 2. The fourth-order valence-corrected chi connectivity index (χ4v) is 2.64. The number of carbonyl (C=O) groups excluding carboxylic acids is 1. The lowest BCUT2D eigenvalue weighted by atomic mass is 10.2. The van der Waals surface area contributed by atoms with Crippen molar-refractivity contribution in [2.45, 2.75) is 38.0 Å². The summed E-state index contributed by atoms with van der Waals surface area (Å²) in [4.78, 5) is 14.1. The molecule has 0 aromatic heterocycles. The van der Waals surface area contributed by atoms with Crippen molar-refractivity contribution in [3.05, 3.63) is 0 Å². The molecule has 0 bridgehead atoms. The predicted molar refractivity (Wildman–Crippen MR) is 63.8 cm³/mol. The summed E-state index contributed by atoms with van der Waals surface area (Å²) < 4.78 is 11.0. The van der Waals surface area contributed by atoms with E-state index in [9.17, 15) is 4.79 Å². The first-order chi connectivity index (χ1) is 8.26. The number of rotatable bonds is 4. The molecule has 5 nitrogen and oxygen atoms in total. The minimum absolute atomic E-state index is 0.00730. The average molecular weight is 242 g/mol. The van der Waals surface area contributed by atoms with E-state index in [1.165, 1.54) is 0 Å². The van der Waals surface area contributed by atoms with Crippen LogP contribution in [0.1, 0.15) is 19.8 Å². The maximum absolute atomic E-state index is 12.2. The van der Waals surface area contributed by atoms with Crippen LogP contribution in [0.15, 0.2) is 0 Å². The third-order valence-electron chi connectivity index (χ3n) is 3.57. The van der Waals surface area contributed by atoms with E-state index in [2.05, 4.69) is 5.32 Å². The molecule has 2 heterocycles. The number of carbonyl (C=O) groups is 1. The van der Waals surface area contributed by atoms with Crippen LogP contribution in [-0.2, 0) is 14.3 Å². The minimum Gasteiger partial charge on any atom is -0.377 e. The number of nitrogens with zero attached hydrogens (tertiary/aromatic N) is 1. The van der Waals surface area contributed by atoms with Crippen LogP contribution in [0.25, 0.3) is 0 Å². The molecule has 2 aliphatic heterocycles. The van der Waals surface area contributed by atoms with Gasteiger partial charge in [0.25, 0.3) is 0 Å². The summed E-state index contributed by atoms with van der Waals surface area (Å²) in [5, 5.41) is 3.24. The van der Waals surface area contributed by atoms with Crippen molar-refractivity contribution < 1.29 is 14.3 Å². The first-order valence-corrected chi connectivity index (χ1v) is 6.42. The summed E-state index contributed by atoms with van der Waals surface area (Å²) in [7, 11) is 1.68. The summed E-state index contributed by atoms with van der Waals surface area (Å²) in [6.07, 6.45) is 2.08. The van der Waals surface area contributed by atoms with Gasteiger partial charge < -0.3 is 19.7 Å². The van der Waals surface area contributed by atoms with Gasteiger partial charge in [0.1, 0.15) is 12.2 Å². The Labute approximate surface area is 102 Å². The lowest BCUT2D eigenvalue weighted by Gasteiger charge is -2.20. The van der Waals surface area contributed by atoms with Crippen molar-refractivity contribution in [2.24, 2.45) is 0 Å². The molecule has 0 aromatic rings. The monoisotopic (exact) mass is 242 g/mol. The maximum Gasteiger partial charge on any atom is 0.239 e. The van der Waals surface area contributed by atoms with Gasteiger partial charge in [-0.05, 0) is 26.3 Å². The highest BCUT2D eigenvalue weighted by atomic mass is 16.5. The van der Waals surface area contributed by atoms with Gasteiger partial charge in [0.05, 0.1) is 6.04 Å². The molecule has 0 aromatic carbocycles. The molecule has 17 heavy (non-hydrogen) atoms. The Morgan fingerprint density at radius 3 is 2.76 bits per heavy atom. The van der Waals surface area contributed by atoms with Gasteiger partial charge in [-0.1, -0.05) is 0 Å². The highest BCUT2D eigenvalue weighted by molar-refractivity contribution is 5.82. The summed E-state index contributed by atoms with van der Waals surface area (Å²) in [6, 6.07) is 0.00730. The van der Waals surface area contributed by atoms with Crippen LogP contribution in [0.4, 0.5) is 0 Å². The molecule has 0 radical (unpaired) electrons. The van der Waals surface area contributed by atoms with Gasteiger partial charge in [0.15, 0.2) is 0 Å². The highest BCUT2D eigenvalue weighted by Gasteiger charge is 2.38. The van der Waals surface area contributed by atoms with Crippen molar-refractivity contribution in [3.8, 4) is 0 Å². The van der Waals surface area contributed by atoms with Crippen molar-refractivity contribution in [1.29, 1.82) is 0 Å². The molecule has 98 valence electrons. The zero-order valence-electron chi connectivity index (χ0n) is 10.6. The molecule has 0 saturated carbocycles. The van der Waals surface area contributed by atoms with Gasteiger partial charge in [-0.3, -0.25) is 4.79 Å². The van der Waals surface area contributed by atoms with Gasteiger partial charge in [-0.25, -0.2) is 0 Å². The number of methoxy groups -OCH3 is 1. The van der Waals surface area contributed by atoms with Crippen LogP contribution in [0.2, 0.25) is 0 Å². The van der Waals surface area contributed by atoms with Crippen LogP contribution < -0.4 is 5.32 Å². The summed E-state index contributed by atoms with van der Waals surface area (Å²) >= 11 is 0. The van der Waals surface area contributed by atoms with Crippen LogP contribution in [0, 0.1) is 0 Å². The van der Waals surface area contributed by atoms with Gasteiger partial charge in [-0.15, -0.1) is 0 Å². The molecule has 5 heteroatoms. The van der Waals surface area contributed by atoms with Crippen molar-refractivity contribution in [3.63, 3.8) is 0 Å². The van der Waals surface area contributed by atoms with E-state index in [1.54, 1.807) is 7.11 Å². The zero-order chi connectivity index (χ0) is 12.3. The Morgan fingerprint density at radius 1 is 1.41 bits per heavy atom. The number of hydrogen-bond donors (Lipinski definition) is 1. The standard InChI is InChI=1S/C12H22N2O3/c1-3-17-11-8-14(7-10(11)16-2)12(15)9-5-4-6-13-9/h9-11,13H,3-8H2,1-2H3/t9-,10-,11-/m1/s1. The number of amides is 1. The summed E-state index contributed by atoms with van der Waals surface area (Å²) in [5.74, 6) is 0.201. The molecule has 0 spiro atoms. The van der Waals surface area contributed by atoms with E-state index >= 15 is 0 Å². The van der Waals surface area contributed by atoms with E-state index in [-0.39, 0.29) is 24.2 Å². The predicted octanol–water partition coefficient (Wildman–Crippen LogP) is 0.000700. The fraction of sp³-hybridized carbons (Fsp3) is 0.917. The molecule has 2 fully saturated rings. The SMILES string of the molecule is CCO[C@@H]1CN(C(=O)[C@H]2CCCN2)C[C@H]1OC. The fourth-order valence-electron chi connectivity index (χ4n) is 2.64. The van der Waals surface area contributed by atoms with Crippen LogP contribution in [-0.4, -0.2) is 62.4 Å². The second kappa shape index (κ2) is 5.80. The summed E-state index contributed by atoms with van der Waals surface area (Å²) in [6.45, 7) is 4.89. The Bertz CT molecular complexity index is 266. The topological polar surface area (TPSA) is 50.8 Å². The Kier molecular flexibility index (Phi) is 4.36. The van der Waals surface area contributed by atoms with Crippen molar-refractivity contribution in [1.82, 2.24) is 10.2 Å². The first kappa shape index (κ1) is 12.8. The highest BCUT2D eigenvalue weighted by Crippen LogP contribution is 2.19. The average Bonchev–Trinajstić information content (AvgIpc) is 2.97. The molecule has 0 unspecified atom stereocenters. The van der Waals surface area contributed by atoms with Gasteiger partial charge >= 0.3 is 0 Å². The molecule has 0 aliphatic carbocycles. The second-order valence-electron chi connectivity index (χ2n) is 4.66. The quantitative estimate of drug-likeness (QED) is 0.754. The largest absolute Gasteiger partial charge is 0.377 e. The molecule has 2 aliphatic rings. The van der Waals surface area contributed by atoms with Crippen LogP contribution in [0.3, 0.4) is 0 Å². The normalized spacial score (nSPS) is 33.3. The molecule has 2 rings (SSSR count). The molecule has 2 saturated heterocycles. The Hall–Kier alpha value is -0.650. The van der Waals surface area contributed by atoms with Crippen molar-refractivity contribution in [2.75, 3.05) is 33.4 Å². The first-order valence-electron chi connectivity index (χ1n) is 6.42. The molecule has 1 amide bonds. The third kappa shape index (κ3) is 2.78. The van der Waals surface area contributed by atoms with E-state index < -0.39 is 0 Å². The minimum atomic E-state index is 0.00730. The van der Waals surface area contributed by atoms with E-state index in [1.807, 2.05) is 11.8 Å². The molecular weight excluding hydrogens is 220 g/mol. The molecular formula is C12H22N2O3. The second-order valence-corrected chi connectivity index (χ2v) is 4.66. The zero-order valence-corrected chi connectivity index (χ0v) is 10.6. The Balaban J connectivity index is 1.91. The van der Waals surface area contributed by atoms with Crippen LogP contribution >= 0.6 is 0 Å². The third-order valence-corrected chi connectivity index (χ3v) is 3.57. The van der Waals surface area contributed by atoms with Crippen LogP contribution in [0.5, 0.6) is 0 Å². The smallest absolute Gasteiger partial charge is 0.239 e. The van der Waals surface area contributed by atoms with E-state index in [4.69, 9.17) is 9.47 Å². The number of nitrogens with one attached hydrogen (secondary N) is 1. The Morgan fingerprint density at radius 2 is 2.18 bits per heavy atom. The van der Waals surface area contributed by atoms with E-state index in [0.717, 1.165) is 19.4 Å². The van der Waals surface area contributed by atoms with Crippen molar-refractivity contribution >= 4 is 5.91 Å². The molecule has 3 atom stereocenters. The number of hydrogen-bond acceptors (Lipinski definition) is 4. The number of likely N-dealkylation sites (tertiary alicyclic amines) is 1. The maximum atomic E-state index is 12.2. The van der Waals surface area contributed by atoms with E-state index in [0.29, 0.717) is 19.7 Å². The lowest BCUT2D eigenvalue weighted by Crippen LogP contribution is -2.43. The van der Waals surface area contributed by atoms with Gasteiger partial charge in [-0.2, -0.15) is 0 Å². The van der Waals surface area contributed by atoms with Gasteiger partial charge in [0, 0.05) is 26.8 Å². The summed E-state index contributed by atoms with van der Waals surface area (Å²) in [5.41, 5.74) is 0. The van der Waals surface area contributed by atoms with Gasteiger partial charge in [0.2, 0.25) is 5.91 Å².